The number of alkyl halides is 4. The van der Waals surface area contributed by atoms with Gasteiger partial charge in [-0.2, -0.15) is 13.2 Å². The highest BCUT2D eigenvalue weighted by Gasteiger charge is 2.36. The van der Waals surface area contributed by atoms with Gasteiger partial charge >= 0.3 is 6.18 Å². The van der Waals surface area contributed by atoms with Crippen LogP contribution in [0.4, 0.5) is 17.6 Å². The smallest absolute Gasteiger partial charge is 0.431 e. The maximum absolute atomic E-state index is 13.4. The number of H-pyrrole nitrogens is 1. The van der Waals surface area contributed by atoms with Crippen molar-refractivity contribution in [2.24, 2.45) is 5.73 Å². The van der Waals surface area contributed by atoms with Crippen molar-refractivity contribution in [3.05, 3.63) is 51.9 Å². The Bertz CT molecular complexity index is 959. The van der Waals surface area contributed by atoms with Crippen LogP contribution < -0.4 is 16.0 Å². The summed E-state index contributed by atoms with van der Waals surface area (Å²) in [4.78, 5) is 24.8. The lowest BCUT2D eigenvalue weighted by Crippen LogP contribution is -2.40. The molecular formula is C19H18F4N2O5. The monoisotopic (exact) mass is 430 g/mol. The highest BCUT2D eigenvalue weighted by molar-refractivity contribution is 5.93. The minimum Gasteiger partial charge on any atom is -0.491 e. The van der Waals surface area contributed by atoms with Gasteiger partial charge in [0.25, 0.3) is 11.5 Å². The second kappa shape index (κ2) is 8.84. The standard InChI is InChI=1S/C19H18F4N2O5/c20-6-12-7-28-8-13(30-12)9-29-11-3-1-10(2-4-11)14-5-15(17(24)26)18(27)25-16(14)19(21,22)23/h1-5,12-13H,6-9H2,(H2,24,26)(H,25,27). The largest absolute Gasteiger partial charge is 0.491 e. The zero-order valence-electron chi connectivity index (χ0n) is 15.5. The van der Waals surface area contributed by atoms with Crippen LogP contribution in [0.15, 0.2) is 35.1 Å². The topological polar surface area (TPSA) is 104 Å². The lowest BCUT2D eigenvalue weighted by molar-refractivity contribution is -0.152. The number of carbonyl (C=O) groups excluding carboxylic acids is 1. The van der Waals surface area contributed by atoms with E-state index in [0.29, 0.717) is 5.75 Å². The van der Waals surface area contributed by atoms with E-state index >= 15 is 0 Å². The molecule has 2 aromatic rings. The molecule has 2 unspecified atom stereocenters. The molecule has 7 nitrogen and oxygen atoms in total. The van der Waals surface area contributed by atoms with Crippen LogP contribution in [0.2, 0.25) is 0 Å². The summed E-state index contributed by atoms with van der Waals surface area (Å²) in [5.74, 6) is -0.815. The minimum atomic E-state index is -4.86. The SMILES string of the molecule is NC(=O)c1cc(-c2ccc(OCC3COCC(CF)O3)cc2)c(C(F)(F)F)[nH]c1=O. The average molecular weight is 430 g/mol. The van der Waals surface area contributed by atoms with Gasteiger partial charge in [-0.25, -0.2) is 4.39 Å². The maximum atomic E-state index is 13.4. The van der Waals surface area contributed by atoms with Crippen LogP contribution >= 0.6 is 0 Å². The van der Waals surface area contributed by atoms with Crippen LogP contribution in [-0.2, 0) is 15.7 Å². The number of nitrogens with one attached hydrogen (secondary N) is 1. The number of hydrogen-bond acceptors (Lipinski definition) is 5. The molecule has 1 amide bonds. The molecule has 162 valence electrons. The van der Waals surface area contributed by atoms with E-state index < -0.39 is 53.3 Å². The summed E-state index contributed by atoms with van der Waals surface area (Å²) >= 11 is 0. The normalized spacial score (nSPS) is 19.5. The first-order valence-electron chi connectivity index (χ1n) is 8.85. The molecular weight excluding hydrogens is 412 g/mol. The van der Waals surface area contributed by atoms with Crippen LogP contribution in [-0.4, -0.2) is 49.6 Å². The number of amides is 1. The predicted octanol–water partition coefficient (Wildman–Crippen LogP) is 2.29. The van der Waals surface area contributed by atoms with Crippen LogP contribution in [0.3, 0.4) is 0 Å². The molecule has 1 fully saturated rings. The zero-order valence-corrected chi connectivity index (χ0v) is 15.5. The van der Waals surface area contributed by atoms with E-state index in [2.05, 4.69) is 0 Å². The summed E-state index contributed by atoms with van der Waals surface area (Å²) in [5.41, 5.74) is 1.64. The van der Waals surface area contributed by atoms with Crippen molar-refractivity contribution >= 4 is 5.91 Å². The number of nitrogens with two attached hydrogens (primary N) is 1. The summed E-state index contributed by atoms with van der Waals surface area (Å²) in [6.45, 7) is -0.222. The van der Waals surface area contributed by atoms with Crippen molar-refractivity contribution in [2.45, 2.75) is 18.4 Å². The molecule has 11 heteroatoms. The van der Waals surface area contributed by atoms with E-state index in [1.165, 1.54) is 24.3 Å². The molecule has 1 aromatic carbocycles. The van der Waals surface area contributed by atoms with Crippen molar-refractivity contribution in [3.8, 4) is 16.9 Å². The van der Waals surface area contributed by atoms with E-state index in [4.69, 9.17) is 19.9 Å². The highest BCUT2D eigenvalue weighted by Crippen LogP contribution is 2.35. The van der Waals surface area contributed by atoms with Crippen molar-refractivity contribution in [1.82, 2.24) is 4.98 Å². The maximum Gasteiger partial charge on any atom is 0.431 e. The van der Waals surface area contributed by atoms with Crippen LogP contribution in [0.5, 0.6) is 5.75 Å². The molecule has 1 aromatic heterocycles. The first kappa shape index (κ1) is 21.8. The Balaban J connectivity index is 1.81. The van der Waals surface area contributed by atoms with Gasteiger partial charge in [0.1, 0.15) is 42.5 Å². The van der Waals surface area contributed by atoms with E-state index in [1.54, 1.807) is 4.98 Å². The van der Waals surface area contributed by atoms with E-state index in [0.717, 1.165) is 6.07 Å². The lowest BCUT2D eigenvalue weighted by Gasteiger charge is -2.28. The molecule has 2 heterocycles. The predicted molar refractivity (Wildman–Crippen MR) is 97.0 cm³/mol. The quantitative estimate of drug-likeness (QED) is 0.685. The van der Waals surface area contributed by atoms with Gasteiger partial charge in [-0.3, -0.25) is 9.59 Å². The van der Waals surface area contributed by atoms with Crippen molar-refractivity contribution in [2.75, 3.05) is 26.5 Å². The summed E-state index contributed by atoms with van der Waals surface area (Å²) in [6.07, 6.45) is -5.99. The number of halogens is 4. The summed E-state index contributed by atoms with van der Waals surface area (Å²) < 4.78 is 68.9. The van der Waals surface area contributed by atoms with Gasteiger partial charge in [-0.1, -0.05) is 12.1 Å². The average Bonchev–Trinajstić information content (AvgIpc) is 2.72. The molecule has 1 aliphatic rings. The van der Waals surface area contributed by atoms with E-state index in [9.17, 15) is 27.2 Å². The molecule has 0 saturated carbocycles. The molecule has 30 heavy (non-hydrogen) atoms. The number of benzene rings is 1. The Hall–Kier alpha value is -2.92. The summed E-state index contributed by atoms with van der Waals surface area (Å²) in [6, 6.07) is 6.32. The van der Waals surface area contributed by atoms with Gasteiger partial charge in [-0.05, 0) is 23.8 Å². The fourth-order valence-corrected chi connectivity index (χ4v) is 2.93. The number of hydrogen-bond donors (Lipinski definition) is 2. The minimum absolute atomic E-state index is 0.0636. The van der Waals surface area contributed by atoms with Crippen molar-refractivity contribution < 1.29 is 36.6 Å². The molecule has 1 aliphatic heterocycles. The van der Waals surface area contributed by atoms with Gasteiger partial charge < -0.3 is 24.9 Å². The van der Waals surface area contributed by atoms with E-state index in [1.807, 2.05) is 0 Å². The number of primary amides is 1. The lowest BCUT2D eigenvalue weighted by atomic mass is 10.0. The molecule has 1 saturated heterocycles. The van der Waals surface area contributed by atoms with Crippen molar-refractivity contribution in [1.29, 1.82) is 0 Å². The fraction of sp³-hybridized carbons (Fsp3) is 0.368. The van der Waals surface area contributed by atoms with Gasteiger partial charge in [0, 0.05) is 5.56 Å². The third-order valence-electron chi connectivity index (χ3n) is 4.36. The van der Waals surface area contributed by atoms with Crippen LogP contribution in [0.1, 0.15) is 16.1 Å². The summed E-state index contributed by atoms with van der Waals surface area (Å²) in [5, 5.41) is 0. The van der Waals surface area contributed by atoms with Crippen LogP contribution in [0, 0.1) is 0 Å². The number of rotatable bonds is 6. The van der Waals surface area contributed by atoms with Crippen LogP contribution in [0.25, 0.3) is 11.1 Å². The number of aromatic nitrogens is 1. The third kappa shape index (κ3) is 4.97. The highest BCUT2D eigenvalue weighted by atomic mass is 19.4. The molecule has 0 aliphatic carbocycles. The number of aromatic amines is 1. The second-order valence-corrected chi connectivity index (χ2v) is 6.57. The Morgan fingerprint density at radius 2 is 1.87 bits per heavy atom. The van der Waals surface area contributed by atoms with Gasteiger partial charge in [0.05, 0.1) is 13.2 Å². The van der Waals surface area contributed by atoms with Gasteiger partial charge in [-0.15, -0.1) is 0 Å². The molecule has 2 atom stereocenters. The molecule has 0 bridgehead atoms. The molecule has 0 radical (unpaired) electrons. The number of pyridine rings is 1. The Kier molecular flexibility index (Phi) is 6.42. The van der Waals surface area contributed by atoms with E-state index in [-0.39, 0.29) is 25.4 Å². The zero-order chi connectivity index (χ0) is 21.9. The third-order valence-corrected chi connectivity index (χ3v) is 4.36. The Morgan fingerprint density at radius 3 is 2.47 bits per heavy atom. The van der Waals surface area contributed by atoms with Gasteiger partial charge in [0.2, 0.25) is 0 Å². The Morgan fingerprint density at radius 1 is 1.20 bits per heavy atom. The number of ether oxygens (including phenoxy) is 3. The number of carbonyl (C=O) groups is 1. The molecule has 3 rings (SSSR count). The fourth-order valence-electron chi connectivity index (χ4n) is 2.93. The molecule has 0 spiro atoms. The second-order valence-electron chi connectivity index (χ2n) is 6.57. The Labute approximate surface area is 167 Å². The first-order valence-corrected chi connectivity index (χ1v) is 8.85. The van der Waals surface area contributed by atoms with Gasteiger partial charge in [0.15, 0.2) is 0 Å². The molecule has 3 N–H and O–H groups in total. The summed E-state index contributed by atoms with van der Waals surface area (Å²) in [7, 11) is 0. The first-order chi connectivity index (χ1) is 14.2. The van der Waals surface area contributed by atoms with Crippen molar-refractivity contribution in [3.63, 3.8) is 0 Å².